The lowest BCUT2D eigenvalue weighted by Crippen LogP contribution is -2.26. The van der Waals surface area contributed by atoms with Crippen molar-refractivity contribution < 1.29 is 14.3 Å². The number of hydrogen-bond acceptors (Lipinski definition) is 4. The smallest absolute Gasteiger partial charge is 0.251 e. The van der Waals surface area contributed by atoms with E-state index in [1.807, 2.05) is 57.1 Å². The molecule has 0 saturated heterocycles. The van der Waals surface area contributed by atoms with Crippen molar-refractivity contribution in [2.24, 2.45) is 0 Å². The Morgan fingerprint density at radius 1 is 1.30 bits per heavy atom. The summed E-state index contributed by atoms with van der Waals surface area (Å²) in [4.78, 5) is 14.1. The first-order chi connectivity index (χ1) is 10.9. The van der Waals surface area contributed by atoms with Gasteiger partial charge in [-0.1, -0.05) is 6.07 Å². The molecule has 23 heavy (non-hydrogen) atoms. The molecule has 124 valence electrons. The molecule has 0 fully saturated rings. The van der Waals surface area contributed by atoms with Crippen molar-refractivity contribution in [1.82, 2.24) is 5.32 Å². The molecular formula is C18H24N2O3. The fourth-order valence-electron chi connectivity index (χ4n) is 2.49. The first-order valence-electron chi connectivity index (χ1n) is 7.69. The SMILES string of the molecule is Cc1cc([C@H](O)CCNC(=O)c2cccc(N(C)C)c2)c(C)o1. The third-order valence-electron chi connectivity index (χ3n) is 3.77. The topological polar surface area (TPSA) is 65.7 Å². The van der Waals surface area contributed by atoms with Crippen LogP contribution in [-0.2, 0) is 0 Å². The van der Waals surface area contributed by atoms with Crippen LogP contribution in [0.4, 0.5) is 5.69 Å². The molecule has 1 aromatic heterocycles. The second-order valence-corrected chi connectivity index (χ2v) is 5.87. The molecule has 1 atom stereocenters. The maximum atomic E-state index is 12.2. The van der Waals surface area contributed by atoms with Crippen molar-refractivity contribution in [3.63, 3.8) is 0 Å². The molecule has 0 saturated carbocycles. The predicted molar refractivity (Wildman–Crippen MR) is 90.9 cm³/mol. The lowest BCUT2D eigenvalue weighted by Gasteiger charge is -2.14. The van der Waals surface area contributed by atoms with Gasteiger partial charge in [-0.25, -0.2) is 0 Å². The summed E-state index contributed by atoms with van der Waals surface area (Å²) < 4.78 is 5.42. The number of carbonyl (C=O) groups is 1. The zero-order valence-corrected chi connectivity index (χ0v) is 14.1. The Balaban J connectivity index is 1.89. The largest absolute Gasteiger partial charge is 0.466 e. The first kappa shape index (κ1) is 17.1. The van der Waals surface area contributed by atoms with Crippen molar-refractivity contribution in [2.45, 2.75) is 26.4 Å². The van der Waals surface area contributed by atoms with E-state index < -0.39 is 6.10 Å². The Labute approximate surface area is 136 Å². The quantitative estimate of drug-likeness (QED) is 0.860. The highest BCUT2D eigenvalue weighted by molar-refractivity contribution is 5.95. The van der Waals surface area contributed by atoms with Crippen molar-refractivity contribution in [1.29, 1.82) is 0 Å². The number of aliphatic hydroxyl groups is 1. The molecule has 2 rings (SSSR count). The molecular weight excluding hydrogens is 292 g/mol. The molecule has 1 heterocycles. The van der Waals surface area contributed by atoms with E-state index in [1.165, 1.54) is 0 Å². The maximum absolute atomic E-state index is 12.2. The van der Waals surface area contributed by atoms with Crippen LogP contribution in [0, 0.1) is 13.8 Å². The van der Waals surface area contributed by atoms with Crippen LogP contribution in [-0.4, -0.2) is 31.7 Å². The van der Waals surface area contributed by atoms with Crippen molar-refractivity contribution in [3.05, 3.63) is 53.0 Å². The normalized spacial score (nSPS) is 12.0. The number of amides is 1. The minimum absolute atomic E-state index is 0.138. The molecule has 5 heteroatoms. The summed E-state index contributed by atoms with van der Waals surface area (Å²) in [7, 11) is 3.87. The fourth-order valence-corrected chi connectivity index (χ4v) is 2.49. The minimum Gasteiger partial charge on any atom is -0.466 e. The molecule has 1 aromatic carbocycles. The van der Waals surface area contributed by atoms with Crippen LogP contribution in [0.2, 0.25) is 0 Å². The van der Waals surface area contributed by atoms with E-state index >= 15 is 0 Å². The molecule has 2 aromatic rings. The summed E-state index contributed by atoms with van der Waals surface area (Å²) in [6.45, 7) is 4.08. The second kappa shape index (κ2) is 7.33. The number of hydrogen-bond donors (Lipinski definition) is 2. The van der Waals surface area contributed by atoms with Gasteiger partial charge in [0, 0.05) is 37.5 Å². The van der Waals surface area contributed by atoms with E-state index in [2.05, 4.69) is 5.32 Å². The Kier molecular flexibility index (Phi) is 5.45. The highest BCUT2D eigenvalue weighted by Crippen LogP contribution is 2.23. The van der Waals surface area contributed by atoms with E-state index in [-0.39, 0.29) is 5.91 Å². The average molecular weight is 316 g/mol. The lowest BCUT2D eigenvalue weighted by atomic mass is 10.1. The zero-order valence-electron chi connectivity index (χ0n) is 14.1. The van der Waals surface area contributed by atoms with Gasteiger partial charge in [0.05, 0.1) is 6.10 Å². The Morgan fingerprint density at radius 2 is 2.04 bits per heavy atom. The van der Waals surface area contributed by atoms with Gasteiger partial charge in [0.2, 0.25) is 0 Å². The number of nitrogens with zero attached hydrogens (tertiary/aromatic N) is 1. The number of furan rings is 1. The molecule has 5 nitrogen and oxygen atoms in total. The van der Waals surface area contributed by atoms with E-state index in [0.29, 0.717) is 18.5 Å². The predicted octanol–water partition coefficient (Wildman–Crippen LogP) is 2.82. The maximum Gasteiger partial charge on any atom is 0.251 e. The van der Waals surface area contributed by atoms with Gasteiger partial charge in [-0.2, -0.15) is 0 Å². The van der Waals surface area contributed by atoms with Crippen LogP contribution in [0.5, 0.6) is 0 Å². The van der Waals surface area contributed by atoms with Crippen LogP contribution in [0.3, 0.4) is 0 Å². The van der Waals surface area contributed by atoms with E-state index in [0.717, 1.165) is 22.8 Å². The highest BCUT2D eigenvalue weighted by Gasteiger charge is 2.15. The van der Waals surface area contributed by atoms with Crippen LogP contribution in [0.25, 0.3) is 0 Å². The van der Waals surface area contributed by atoms with Crippen LogP contribution >= 0.6 is 0 Å². The van der Waals surface area contributed by atoms with Crippen LogP contribution in [0.1, 0.15) is 40.0 Å². The Bertz CT molecular complexity index is 677. The van der Waals surface area contributed by atoms with Crippen molar-refractivity contribution in [2.75, 3.05) is 25.5 Å². The molecule has 0 spiro atoms. The standard InChI is InChI=1S/C18H24N2O3/c1-12-10-16(13(2)23-12)17(21)8-9-19-18(22)14-6-5-7-15(11-14)20(3)4/h5-7,10-11,17,21H,8-9H2,1-4H3,(H,19,22)/t17-/m1/s1. The molecule has 0 aliphatic heterocycles. The number of aryl methyl sites for hydroxylation is 2. The van der Waals surface area contributed by atoms with E-state index in [1.54, 1.807) is 6.07 Å². The number of aliphatic hydroxyl groups excluding tert-OH is 1. The third-order valence-corrected chi connectivity index (χ3v) is 3.77. The highest BCUT2D eigenvalue weighted by atomic mass is 16.3. The summed E-state index contributed by atoms with van der Waals surface area (Å²) in [5, 5.41) is 13.0. The summed E-state index contributed by atoms with van der Waals surface area (Å²) in [6, 6.07) is 9.27. The summed E-state index contributed by atoms with van der Waals surface area (Å²) in [6.07, 6.45) is -0.195. The first-order valence-corrected chi connectivity index (χ1v) is 7.69. The summed E-state index contributed by atoms with van der Waals surface area (Å²) in [5.74, 6) is 1.36. The van der Waals surface area contributed by atoms with Gasteiger partial charge >= 0.3 is 0 Å². The number of rotatable bonds is 6. The van der Waals surface area contributed by atoms with Crippen molar-refractivity contribution >= 4 is 11.6 Å². The van der Waals surface area contributed by atoms with E-state index in [9.17, 15) is 9.90 Å². The molecule has 0 unspecified atom stereocenters. The number of carbonyl (C=O) groups excluding carboxylic acids is 1. The summed E-state index contributed by atoms with van der Waals surface area (Å²) >= 11 is 0. The van der Waals surface area contributed by atoms with Gasteiger partial charge in [-0.15, -0.1) is 0 Å². The molecule has 2 N–H and O–H groups in total. The van der Waals surface area contributed by atoms with E-state index in [4.69, 9.17) is 4.42 Å². The van der Waals surface area contributed by atoms with Gasteiger partial charge in [-0.05, 0) is 44.5 Å². The monoisotopic (exact) mass is 316 g/mol. The fraction of sp³-hybridized carbons (Fsp3) is 0.389. The lowest BCUT2D eigenvalue weighted by molar-refractivity contribution is 0.0942. The van der Waals surface area contributed by atoms with Gasteiger partial charge in [0.1, 0.15) is 11.5 Å². The zero-order chi connectivity index (χ0) is 17.0. The number of anilines is 1. The molecule has 0 bridgehead atoms. The molecule has 0 radical (unpaired) electrons. The van der Waals surface area contributed by atoms with Crippen LogP contribution < -0.4 is 10.2 Å². The number of nitrogens with one attached hydrogen (secondary N) is 1. The van der Waals surface area contributed by atoms with Gasteiger partial charge in [-0.3, -0.25) is 4.79 Å². The van der Waals surface area contributed by atoms with Crippen LogP contribution in [0.15, 0.2) is 34.7 Å². The molecule has 0 aliphatic rings. The average Bonchev–Trinajstić information content (AvgIpc) is 2.85. The van der Waals surface area contributed by atoms with Crippen molar-refractivity contribution in [3.8, 4) is 0 Å². The van der Waals surface area contributed by atoms with Gasteiger partial charge < -0.3 is 19.7 Å². The summed E-state index contributed by atoms with van der Waals surface area (Å²) in [5.41, 5.74) is 2.37. The minimum atomic E-state index is -0.638. The molecule has 0 aliphatic carbocycles. The number of benzene rings is 1. The third kappa shape index (κ3) is 4.36. The molecule has 1 amide bonds. The van der Waals surface area contributed by atoms with Gasteiger partial charge in [0.25, 0.3) is 5.91 Å². The Hall–Kier alpha value is -2.27. The Morgan fingerprint density at radius 3 is 2.65 bits per heavy atom. The van der Waals surface area contributed by atoms with Gasteiger partial charge in [0.15, 0.2) is 0 Å². The second-order valence-electron chi connectivity index (χ2n) is 5.87.